The molecule has 1 aliphatic rings. The predicted molar refractivity (Wildman–Crippen MR) is 45.0 cm³/mol. The van der Waals surface area contributed by atoms with E-state index < -0.39 is 0 Å². The van der Waals surface area contributed by atoms with Gasteiger partial charge in [0, 0.05) is 6.04 Å². The monoisotopic (exact) mass is 141 g/mol. The molecule has 0 aliphatic heterocycles. The van der Waals surface area contributed by atoms with Crippen LogP contribution in [0.2, 0.25) is 0 Å². The van der Waals surface area contributed by atoms with Crippen LogP contribution in [0, 0.1) is 17.8 Å². The van der Waals surface area contributed by atoms with Crippen LogP contribution in [-0.2, 0) is 0 Å². The summed E-state index contributed by atoms with van der Waals surface area (Å²) in [6.07, 6.45) is 1.40. The molecule has 1 rings (SSSR count). The van der Waals surface area contributed by atoms with Crippen molar-refractivity contribution in [3.63, 3.8) is 0 Å². The van der Waals surface area contributed by atoms with Gasteiger partial charge < -0.3 is 5.32 Å². The van der Waals surface area contributed by atoms with Gasteiger partial charge >= 0.3 is 0 Å². The summed E-state index contributed by atoms with van der Waals surface area (Å²) in [7, 11) is 2.07. The van der Waals surface area contributed by atoms with E-state index in [4.69, 9.17) is 0 Å². The van der Waals surface area contributed by atoms with Gasteiger partial charge in [0.15, 0.2) is 0 Å². The first kappa shape index (κ1) is 8.06. The van der Waals surface area contributed by atoms with Crippen LogP contribution in [0.3, 0.4) is 0 Å². The summed E-state index contributed by atoms with van der Waals surface area (Å²) in [5.74, 6) is 2.71. The highest BCUT2D eigenvalue weighted by Gasteiger charge is 2.40. The molecule has 3 atom stereocenters. The van der Waals surface area contributed by atoms with Gasteiger partial charge in [-0.15, -0.1) is 0 Å². The quantitative estimate of drug-likeness (QED) is 0.633. The van der Waals surface area contributed by atoms with Crippen LogP contribution in [-0.4, -0.2) is 13.1 Å². The fourth-order valence-corrected chi connectivity index (χ4v) is 1.62. The Bertz CT molecular complexity index is 109. The Morgan fingerprint density at radius 1 is 1.30 bits per heavy atom. The zero-order chi connectivity index (χ0) is 7.72. The third-order valence-electron chi connectivity index (χ3n) is 2.94. The molecule has 0 spiro atoms. The Balaban J connectivity index is 2.25. The number of nitrogens with one attached hydrogen (secondary N) is 1. The van der Waals surface area contributed by atoms with Gasteiger partial charge in [-0.25, -0.2) is 0 Å². The second kappa shape index (κ2) is 2.91. The Labute approximate surface area is 64.2 Å². The second-order valence-electron chi connectivity index (χ2n) is 3.90. The third kappa shape index (κ3) is 1.51. The second-order valence-corrected chi connectivity index (χ2v) is 3.90. The molecule has 0 aromatic carbocycles. The zero-order valence-corrected chi connectivity index (χ0v) is 7.52. The molecule has 1 saturated carbocycles. The first-order valence-corrected chi connectivity index (χ1v) is 4.34. The van der Waals surface area contributed by atoms with Crippen LogP contribution in [0.4, 0.5) is 0 Å². The zero-order valence-electron chi connectivity index (χ0n) is 7.52. The van der Waals surface area contributed by atoms with Crippen LogP contribution in [0.5, 0.6) is 0 Å². The molecule has 1 fully saturated rings. The normalized spacial score (nSPS) is 34.5. The van der Waals surface area contributed by atoms with Gasteiger partial charge in [-0.1, -0.05) is 20.8 Å². The Hall–Kier alpha value is -0.0400. The molecular formula is C9H19N. The van der Waals surface area contributed by atoms with Crippen molar-refractivity contribution in [2.75, 3.05) is 7.05 Å². The molecule has 0 heterocycles. The SMILES string of the molecule is CNC1CC1[C@@H](C)C(C)C. The number of hydrogen-bond acceptors (Lipinski definition) is 1. The lowest BCUT2D eigenvalue weighted by molar-refractivity contribution is 0.360. The van der Waals surface area contributed by atoms with Crippen molar-refractivity contribution >= 4 is 0 Å². The van der Waals surface area contributed by atoms with Gasteiger partial charge in [0.2, 0.25) is 0 Å². The molecule has 1 N–H and O–H groups in total. The largest absolute Gasteiger partial charge is 0.317 e. The van der Waals surface area contributed by atoms with Gasteiger partial charge in [0.1, 0.15) is 0 Å². The Morgan fingerprint density at radius 2 is 1.90 bits per heavy atom. The molecule has 0 saturated heterocycles. The van der Waals surface area contributed by atoms with Crippen LogP contribution >= 0.6 is 0 Å². The molecule has 0 amide bonds. The molecule has 0 bridgehead atoms. The lowest BCUT2D eigenvalue weighted by Gasteiger charge is -2.14. The van der Waals surface area contributed by atoms with Crippen molar-refractivity contribution in [3.05, 3.63) is 0 Å². The van der Waals surface area contributed by atoms with Crippen LogP contribution in [0.15, 0.2) is 0 Å². The van der Waals surface area contributed by atoms with E-state index in [9.17, 15) is 0 Å². The number of rotatable bonds is 3. The molecule has 0 aromatic rings. The van der Waals surface area contributed by atoms with E-state index in [0.717, 1.165) is 23.8 Å². The lowest BCUT2D eigenvalue weighted by Crippen LogP contribution is -2.16. The fourth-order valence-electron chi connectivity index (χ4n) is 1.62. The molecule has 2 unspecified atom stereocenters. The van der Waals surface area contributed by atoms with Crippen molar-refractivity contribution in [1.29, 1.82) is 0 Å². The lowest BCUT2D eigenvalue weighted by atomic mass is 9.93. The van der Waals surface area contributed by atoms with E-state index in [1.807, 2.05) is 0 Å². The van der Waals surface area contributed by atoms with E-state index in [-0.39, 0.29) is 0 Å². The minimum absolute atomic E-state index is 0.831. The minimum atomic E-state index is 0.831. The van der Waals surface area contributed by atoms with Gasteiger partial charge in [0.05, 0.1) is 0 Å². The van der Waals surface area contributed by atoms with Gasteiger partial charge in [-0.05, 0) is 31.2 Å². The molecule has 1 heteroatoms. The Morgan fingerprint density at radius 3 is 2.20 bits per heavy atom. The van der Waals surface area contributed by atoms with E-state index in [1.165, 1.54) is 6.42 Å². The summed E-state index contributed by atoms with van der Waals surface area (Å²) in [5.41, 5.74) is 0. The summed E-state index contributed by atoms with van der Waals surface area (Å²) in [6.45, 7) is 7.00. The highest BCUT2D eigenvalue weighted by molar-refractivity contribution is 4.95. The molecule has 1 nitrogen and oxygen atoms in total. The third-order valence-corrected chi connectivity index (χ3v) is 2.94. The summed E-state index contributed by atoms with van der Waals surface area (Å²) < 4.78 is 0. The standard InChI is InChI=1S/C9H19N/c1-6(2)7(3)8-5-9(8)10-4/h6-10H,5H2,1-4H3/t7-,8?,9?/m0/s1. The maximum atomic E-state index is 3.32. The summed E-state index contributed by atoms with van der Waals surface area (Å²) >= 11 is 0. The van der Waals surface area contributed by atoms with Crippen molar-refractivity contribution in [2.24, 2.45) is 17.8 Å². The van der Waals surface area contributed by atoms with E-state index in [2.05, 4.69) is 33.1 Å². The smallest absolute Gasteiger partial charge is 0.00988 e. The summed E-state index contributed by atoms with van der Waals surface area (Å²) in [6, 6.07) is 0.831. The van der Waals surface area contributed by atoms with Crippen molar-refractivity contribution < 1.29 is 0 Å². The topological polar surface area (TPSA) is 12.0 Å². The van der Waals surface area contributed by atoms with E-state index in [1.54, 1.807) is 0 Å². The molecule has 10 heavy (non-hydrogen) atoms. The molecule has 0 radical (unpaired) electrons. The minimum Gasteiger partial charge on any atom is -0.317 e. The van der Waals surface area contributed by atoms with E-state index in [0.29, 0.717) is 0 Å². The molecule has 0 aromatic heterocycles. The van der Waals surface area contributed by atoms with Crippen LogP contribution in [0.1, 0.15) is 27.2 Å². The molecule has 60 valence electrons. The van der Waals surface area contributed by atoms with Gasteiger partial charge in [-0.3, -0.25) is 0 Å². The van der Waals surface area contributed by atoms with Crippen molar-refractivity contribution in [2.45, 2.75) is 33.2 Å². The Kier molecular flexibility index (Phi) is 2.35. The maximum absolute atomic E-state index is 3.32. The number of hydrogen-bond donors (Lipinski definition) is 1. The van der Waals surface area contributed by atoms with Gasteiger partial charge in [0.25, 0.3) is 0 Å². The average Bonchev–Trinajstić information content (AvgIpc) is 2.64. The first-order valence-electron chi connectivity index (χ1n) is 4.34. The highest BCUT2D eigenvalue weighted by atomic mass is 14.9. The van der Waals surface area contributed by atoms with Crippen LogP contribution in [0.25, 0.3) is 0 Å². The fraction of sp³-hybridized carbons (Fsp3) is 1.00. The first-order chi connectivity index (χ1) is 4.66. The average molecular weight is 141 g/mol. The maximum Gasteiger partial charge on any atom is 0.00988 e. The van der Waals surface area contributed by atoms with E-state index >= 15 is 0 Å². The predicted octanol–water partition coefficient (Wildman–Crippen LogP) is 1.89. The highest BCUT2D eigenvalue weighted by Crippen LogP contribution is 2.40. The summed E-state index contributed by atoms with van der Waals surface area (Å²) in [4.78, 5) is 0. The molecular weight excluding hydrogens is 122 g/mol. The molecule has 1 aliphatic carbocycles. The van der Waals surface area contributed by atoms with Crippen LogP contribution < -0.4 is 5.32 Å². The summed E-state index contributed by atoms with van der Waals surface area (Å²) in [5, 5.41) is 3.32. The van der Waals surface area contributed by atoms with Crippen molar-refractivity contribution in [3.8, 4) is 0 Å². The van der Waals surface area contributed by atoms with Crippen molar-refractivity contribution in [1.82, 2.24) is 5.32 Å². The van der Waals surface area contributed by atoms with Gasteiger partial charge in [-0.2, -0.15) is 0 Å².